The lowest BCUT2D eigenvalue weighted by Gasteiger charge is -2.35. The van der Waals surface area contributed by atoms with Crippen molar-refractivity contribution in [2.45, 2.75) is 12.8 Å². The van der Waals surface area contributed by atoms with Crippen molar-refractivity contribution >= 4 is 20.0 Å². The number of amidine groups is 2. The molecule has 0 aromatic carbocycles. The molecule has 0 bridgehead atoms. The fraction of sp³-hybridized carbons (Fsp3) is 0.800. The van der Waals surface area contributed by atoms with Crippen LogP contribution in [0.25, 0.3) is 0 Å². The highest BCUT2D eigenvalue weighted by molar-refractivity contribution is 7.53. The molecule has 0 N–H and O–H groups in total. The van der Waals surface area contributed by atoms with Crippen molar-refractivity contribution in [1.29, 1.82) is 0 Å². The van der Waals surface area contributed by atoms with Gasteiger partial charge in [-0.15, -0.1) is 0 Å². The lowest BCUT2D eigenvalue weighted by molar-refractivity contribution is 0.496. The average molecular weight is 239 g/mol. The molecule has 0 aromatic rings. The topological polar surface area (TPSA) is 34.4 Å². The summed E-state index contributed by atoms with van der Waals surface area (Å²) in [4.78, 5) is 9.34. The molecule has 3 aliphatic heterocycles. The van der Waals surface area contributed by atoms with Gasteiger partial charge < -0.3 is 9.34 Å². The Labute approximate surface area is 97.7 Å². The predicted octanol–water partition coefficient (Wildman–Crippen LogP) is 0.997. The van der Waals surface area contributed by atoms with Gasteiger partial charge in [-0.1, -0.05) is 0 Å². The van der Waals surface area contributed by atoms with Crippen LogP contribution in [0.4, 0.5) is 0 Å². The molecule has 0 amide bonds. The zero-order valence-corrected chi connectivity index (χ0v) is 10.8. The van der Waals surface area contributed by atoms with Crippen LogP contribution in [0, 0.1) is 0 Å². The Balaban J connectivity index is 2.01. The Morgan fingerprint density at radius 1 is 1.00 bits per heavy atom. The van der Waals surface area contributed by atoms with Gasteiger partial charge in [0.15, 0.2) is 20.0 Å². The Morgan fingerprint density at radius 3 is 1.94 bits per heavy atom. The van der Waals surface area contributed by atoms with Gasteiger partial charge in [0.05, 0.1) is 0 Å². The summed E-state index contributed by atoms with van der Waals surface area (Å²) in [7, 11) is 3.94. The molecule has 6 heteroatoms. The molecule has 5 nitrogen and oxygen atoms in total. The average Bonchev–Trinajstić information content (AvgIpc) is 2.63. The molecule has 0 saturated carbocycles. The first-order chi connectivity index (χ1) is 7.79. The van der Waals surface area contributed by atoms with E-state index in [-0.39, 0.29) is 8.37 Å². The summed E-state index contributed by atoms with van der Waals surface area (Å²) < 4.78 is 7.25. The Morgan fingerprint density at radius 2 is 1.50 bits per heavy atom. The van der Waals surface area contributed by atoms with Gasteiger partial charge in [-0.25, -0.2) is 0 Å². The van der Waals surface area contributed by atoms with Gasteiger partial charge in [0, 0.05) is 26.2 Å². The molecule has 1 saturated heterocycles. The van der Waals surface area contributed by atoms with Gasteiger partial charge in [0.2, 0.25) is 0 Å². The zero-order chi connectivity index (χ0) is 11.1. The molecule has 0 unspecified atom stereocenters. The second kappa shape index (κ2) is 3.97. The van der Waals surface area contributed by atoms with E-state index in [1.54, 1.807) is 0 Å². The van der Waals surface area contributed by atoms with Crippen LogP contribution in [0.2, 0.25) is 0 Å². The van der Waals surface area contributed by atoms with Gasteiger partial charge >= 0.3 is 0 Å². The minimum atomic E-state index is -0.381. The van der Waals surface area contributed by atoms with E-state index in [0.29, 0.717) is 0 Å². The Kier molecular flexibility index (Phi) is 2.60. The van der Waals surface area contributed by atoms with E-state index in [9.17, 15) is 0 Å². The van der Waals surface area contributed by atoms with Crippen LogP contribution in [-0.2, 0) is 0 Å². The van der Waals surface area contributed by atoms with Gasteiger partial charge in [-0.3, -0.25) is 14.7 Å². The molecule has 0 aromatic heterocycles. The quantitative estimate of drug-likeness (QED) is 0.640. The number of fused-ring (bicyclic) bond motifs is 3. The van der Waals surface area contributed by atoms with E-state index in [1.165, 1.54) is 12.8 Å². The summed E-state index contributed by atoms with van der Waals surface area (Å²) in [6.07, 6.45) is 2.36. The first-order valence-corrected chi connectivity index (χ1v) is 7.10. The van der Waals surface area contributed by atoms with Crippen molar-refractivity contribution in [3.8, 4) is 0 Å². The fourth-order valence-corrected chi connectivity index (χ4v) is 4.88. The summed E-state index contributed by atoms with van der Waals surface area (Å²) in [6.45, 7) is 4.21. The van der Waals surface area contributed by atoms with E-state index < -0.39 is 0 Å². The third-order valence-corrected chi connectivity index (χ3v) is 5.42. The Bertz CT molecular complexity index is 321. The maximum absolute atomic E-state index is 4.67. The summed E-state index contributed by atoms with van der Waals surface area (Å²) in [6, 6.07) is 0. The van der Waals surface area contributed by atoms with Crippen LogP contribution in [0.1, 0.15) is 12.8 Å². The van der Waals surface area contributed by atoms with Crippen LogP contribution in [0.3, 0.4) is 0 Å². The molecule has 88 valence electrons. The predicted molar refractivity (Wildman–Crippen MR) is 67.9 cm³/mol. The zero-order valence-electron chi connectivity index (χ0n) is 9.93. The first kappa shape index (κ1) is 10.5. The van der Waals surface area contributed by atoms with E-state index in [4.69, 9.17) is 0 Å². The van der Waals surface area contributed by atoms with Crippen molar-refractivity contribution in [3.63, 3.8) is 0 Å². The summed E-state index contributed by atoms with van der Waals surface area (Å²) in [5, 5.41) is 0. The SMILES string of the molecule is CN(C)P1N2CCCN=C2C2=NCCCN21. The van der Waals surface area contributed by atoms with Gasteiger partial charge in [0.1, 0.15) is 0 Å². The van der Waals surface area contributed by atoms with Crippen molar-refractivity contribution in [2.24, 2.45) is 9.98 Å². The maximum atomic E-state index is 4.67. The van der Waals surface area contributed by atoms with E-state index >= 15 is 0 Å². The molecule has 1 fully saturated rings. The standard InChI is InChI=1S/C10H18N5P/c1-13(2)16-14-7-3-5-11-9(14)10-12-6-4-8-15(10)16/h3-8H2,1-2H3. The number of rotatable bonds is 1. The smallest absolute Gasteiger partial charge is 0.180 e. The number of hydrogen-bond acceptors (Lipinski definition) is 5. The highest BCUT2D eigenvalue weighted by atomic mass is 31.2. The number of aliphatic imine (C=N–C) groups is 2. The number of hydrogen-bond donors (Lipinski definition) is 0. The lowest BCUT2D eigenvalue weighted by atomic mass is 10.3. The van der Waals surface area contributed by atoms with E-state index in [0.717, 1.165) is 37.9 Å². The van der Waals surface area contributed by atoms with Crippen LogP contribution in [0.5, 0.6) is 0 Å². The third kappa shape index (κ3) is 1.45. The van der Waals surface area contributed by atoms with Gasteiger partial charge in [-0.05, 0) is 26.9 Å². The minimum absolute atomic E-state index is 0.381. The highest BCUT2D eigenvalue weighted by Gasteiger charge is 2.44. The maximum Gasteiger partial charge on any atom is 0.180 e. The highest BCUT2D eigenvalue weighted by Crippen LogP contribution is 2.53. The lowest BCUT2D eigenvalue weighted by Crippen LogP contribution is -2.33. The van der Waals surface area contributed by atoms with Crippen molar-refractivity contribution in [1.82, 2.24) is 14.0 Å². The monoisotopic (exact) mass is 239 g/mol. The molecule has 0 spiro atoms. The molecule has 0 aliphatic carbocycles. The number of nitrogens with zero attached hydrogens (tertiary/aromatic N) is 5. The summed E-state index contributed by atoms with van der Waals surface area (Å²) in [5.41, 5.74) is 0. The molecular formula is C10H18N5P. The molecule has 0 radical (unpaired) electrons. The van der Waals surface area contributed by atoms with Crippen molar-refractivity contribution in [3.05, 3.63) is 0 Å². The fourth-order valence-electron chi connectivity index (χ4n) is 2.47. The normalized spacial score (nSPS) is 25.4. The van der Waals surface area contributed by atoms with Crippen molar-refractivity contribution < 1.29 is 0 Å². The minimum Gasteiger partial charge on any atom is -0.303 e. The first-order valence-electron chi connectivity index (χ1n) is 5.90. The molecule has 16 heavy (non-hydrogen) atoms. The van der Waals surface area contributed by atoms with E-state index in [2.05, 4.69) is 38.1 Å². The molecular weight excluding hydrogens is 221 g/mol. The second-order valence-electron chi connectivity index (χ2n) is 4.48. The van der Waals surface area contributed by atoms with E-state index in [1.807, 2.05) is 0 Å². The molecule has 3 rings (SSSR count). The third-order valence-electron chi connectivity index (χ3n) is 3.06. The van der Waals surface area contributed by atoms with Crippen LogP contribution < -0.4 is 0 Å². The molecule has 0 atom stereocenters. The Hall–Kier alpha value is -0.670. The summed E-state index contributed by atoms with van der Waals surface area (Å²) in [5.74, 6) is 2.32. The van der Waals surface area contributed by atoms with Crippen LogP contribution >= 0.6 is 8.37 Å². The van der Waals surface area contributed by atoms with Gasteiger partial charge in [-0.2, -0.15) is 0 Å². The largest absolute Gasteiger partial charge is 0.303 e. The molecule has 3 aliphatic rings. The van der Waals surface area contributed by atoms with Crippen LogP contribution in [-0.4, -0.2) is 66.0 Å². The second-order valence-corrected chi connectivity index (χ2v) is 6.78. The van der Waals surface area contributed by atoms with Gasteiger partial charge in [0.25, 0.3) is 0 Å². The van der Waals surface area contributed by atoms with Crippen LogP contribution in [0.15, 0.2) is 9.98 Å². The van der Waals surface area contributed by atoms with Crippen molar-refractivity contribution in [2.75, 3.05) is 40.3 Å². The summed E-state index contributed by atoms with van der Waals surface area (Å²) >= 11 is 0. The molecule has 3 heterocycles.